The maximum atomic E-state index is 11.6. The first-order chi connectivity index (χ1) is 7.95. The first kappa shape index (κ1) is 13.6. The largest absolute Gasteiger partial charge is 0.493 e. The quantitative estimate of drug-likeness (QED) is 0.754. The Morgan fingerprint density at radius 2 is 1.88 bits per heavy atom. The zero-order valence-corrected chi connectivity index (χ0v) is 10.8. The lowest BCUT2D eigenvalue weighted by Crippen LogP contribution is -2.06. The van der Waals surface area contributed by atoms with Crippen LogP contribution in [0.25, 0.3) is 0 Å². The van der Waals surface area contributed by atoms with Crippen LogP contribution in [0, 0.1) is 18.3 Å². The summed E-state index contributed by atoms with van der Waals surface area (Å²) in [5.41, 5.74) is 0. The highest BCUT2D eigenvalue weighted by atomic mass is 32.2. The second-order valence-electron chi connectivity index (χ2n) is 4.14. The molecule has 0 spiro atoms. The van der Waals surface area contributed by atoms with Gasteiger partial charge in [0, 0.05) is 0 Å². The molecular weight excluding hydrogens is 236 g/mol. The maximum absolute atomic E-state index is 11.6. The number of benzene rings is 1. The minimum Gasteiger partial charge on any atom is -0.493 e. The number of sulfone groups is 1. The predicted molar refractivity (Wildman–Crippen MR) is 67.7 cm³/mol. The van der Waals surface area contributed by atoms with Crippen LogP contribution in [0.3, 0.4) is 0 Å². The average molecular weight is 252 g/mol. The Morgan fingerprint density at radius 3 is 2.35 bits per heavy atom. The molecule has 0 amide bonds. The molecule has 0 aliphatic carbocycles. The lowest BCUT2D eigenvalue weighted by molar-refractivity contribution is 0.271. The van der Waals surface area contributed by atoms with Crippen LogP contribution in [0.2, 0.25) is 0 Å². The van der Waals surface area contributed by atoms with Crippen LogP contribution in [-0.2, 0) is 9.84 Å². The van der Waals surface area contributed by atoms with E-state index in [-0.39, 0.29) is 10.6 Å². The minimum atomic E-state index is -3.35. The van der Waals surface area contributed by atoms with Gasteiger partial charge < -0.3 is 4.74 Å². The molecular formula is C13H16O3S. The number of terminal acetylenes is 1. The number of rotatable bonds is 5. The van der Waals surface area contributed by atoms with Crippen molar-refractivity contribution in [2.45, 2.75) is 18.7 Å². The highest BCUT2D eigenvalue weighted by Gasteiger charge is 2.12. The molecule has 0 heterocycles. The standard InChI is InChI=1S/C13H16O3S/c1-4-9-17(14,15)13-7-5-12(6-8-13)16-10-11(2)3/h1,5-8,11H,9-10H2,2-3H3. The van der Waals surface area contributed by atoms with Gasteiger partial charge in [-0.05, 0) is 30.2 Å². The lowest BCUT2D eigenvalue weighted by Gasteiger charge is -2.09. The van der Waals surface area contributed by atoms with E-state index in [0.717, 1.165) is 0 Å². The summed E-state index contributed by atoms with van der Waals surface area (Å²) >= 11 is 0. The van der Waals surface area contributed by atoms with Crippen LogP contribution >= 0.6 is 0 Å². The Morgan fingerprint density at radius 1 is 1.29 bits per heavy atom. The van der Waals surface area contributed by atoms with Crippen molar-refractivity contribution in [3.8, 4) is 18.1 Å². The fourth-order valence-electron chi connectivity index (χ4n) is 1.20. The van der Waals surface area contributed by atoms with Gasteiger partial charge in [-0.2, -0.15) is 0 Å². The van der Waals surface area contributed by atoms with E-state index in [1.54, 1.807) is 12.1 Å². The summed E-state index contributed by atoms with van der Waals surface area (Å²) in [6.07, 6.45) is 5.01. The molecule has 0 aromatic heterocycles. The minimum absolute atomic E-state index is 0.229. The van der Waals surface area contributed by atoms with Crippen molar-refractivity contribution in [2.75, 3.05) is 12.4 Å². The highest BCUT2D eigenvalue weighted by molar-refractivity contribution is 7.91. The molecule has 0 aliphatic heterocycles. The van der Waals surface area contributed by atoms with Gasteiger partial charge in [0.25, 0.3) is 0 Å². The monoisotopic (exact) mass is 252 g/mol. The molecule has 92 valence electrons. The molecule has 0 aliphatic rings. The van der Waals surface area contributed by atoms with Gasteiger partial charge in [-0.25, -0.2) is 8.42 Å². The molecule has 0 bridgehead atoms. The Kier molecular flexibility index (Phi) is 4.59. The Hall–Kier alpha value is -1.47. The summed E-state index contributed by atoms with van der Waals surface area (Å²) in [6, 6.07) is 6.32. The van der Waals surface area contributed by atoms with Gasteiger partial charge in [0.15, 0.2) is 9.84 Å². The predicted octanol–water partition coefficient (Wildman–Crippen LogP) is 2.13. The number of ether oxygens (including phenoxy) is 1. The van der Waals surface area contributed by atoms with Crippen molar-refractivity contribution in [2.24, 2.45) is 5.92 Å². The Bertz CT molecular complexity index is 492. The van der Waals surface area contributed by atoms with Crippen LogP contribution in [0.5, 0.6) is 5.75 Å². The van der Waals surface area contributed by atoms with Gasteiger partial charge in [-0.1, -0.05) is 19.8 Å². The number of hydrogen-bond donors (Lipinski definition) is 0. The summed E-state index contributed by atoms with van der Waals surface area (Å²) in [5, 5.41) is 0. The van der Waals surface area contributed by atoms with Crippen molar-refractivity contribution in [1.82, 2.24) is 0 Å². The maximum Gasteiger partial charge on any atom is 0.189 e. The number of hydrogen-bond acceptors (Lipinski definition) is 3. The van der Waals surface area contributed by atoms with Gasteiger partial charge in [-0.15, -0.1) is 6.42 Å². The van der Waals surface area contributed by atoms with Gasteiger partial charge in [0.2, 0.25) is 0 Å². The van der Waals surface area contributed by atoms with Crippen molar-refractivity contribution in [1.29, 1.82) is 0 Å². The zero-order chi connectivity index (χ0) is 12.9. The van der Waals surface area contributed by atoms with E-state index in [9.17, 15) is 8.42 Å². The molecule has 0 N–H and O–H groups in total. The van der Waals surface area contributed by atoms with E-state index in [4.69, 9.17) is 11.2 Å². The average Bonchev–Trinajstić information content (AvgIpc) is 2.27. The highest BCUT2D eigenvalue weighted by Crippen LogP contribution is 2.17. The van der Waals surface area contributed by atoms with Gasteiger partial charge in [0.05, 0.1) is 11.5 Å². The molecule has 4 heteroatoms. The smallest absolute Gasteiger partial charge is 0.189 e. The first-order valence-electron chi connectivity index (χ1n) is 5.35. The van der Waals surface area contributed by atoms with Crippen LogP contribution in [0.4, 0.5) is 0 Å². The summed E-state index contributed by atoms with van der Waals surface area (Å²) in [5.74, 6) is 2.96. The summed E-state index contributed by atoms with van der Waals surface area (Å²) in [4.78, 5) is 0.229. The second kappa shape index (κ2) is 5.74. The summed E-state index contributed by atoms with van der Waals surface area (Å²) < 4.78 is 28.7. The molecule has 17 heavy (non-hydrogen) atoms. The van der Waals surface area contributed by atoms with Crippen molar-refractivity contribution >= 4 is 9.84 Å². The third kappa shape index (κ3) is 4.12. The fraction of sp³-hybridized carbons (Fsp3) is 0.385. The van der Waals surface area contributed by atoms with E-state index in [0.29, 0.717) is 18.3 Å². The molecule has 0 saturated carbocycles. The summed E-state index contributed by atoms with van der Waals surface area (Å²) in [7, 11) is -3.35. The Balaban J connectivity index is 2.79. The summed E-state index contributed by atoms with van der Waals surface area (Å²) in [6.45, 7) is 4.70. The SMILES string of the molecule is C#CCS(=O)(=O)c1ccc(OCC(C)C)cc1. The van der Waals surface area contributed by atoms with E-state index in [2.05, 4.69) is 5.92 Å². The van der Waals surface area contributed by atoms with Gasteiger partial charge in [-0.3, -0.25) is 0 Å². The lowest BCUT2D eigenvalue weighted by atomic mass is 10.2. The van der Waals surface area contributed by atoms with E-state index in [1.807, 2.05) is 13.8 Å². The van der Waals surface area contributed by atoms with E-state index in [1.165, 1.54) is 12.1 Å². The molecule has 0 radical (unpaired) electrons. The van der Waals surface area contributed by atoms with E-state index < -0.39 is 9.84 Å². The third-order valence-electron chi connectivity index (χ3n) is 2.04. The first-order valence-corrected chi connectivity index (χ1v) is 7.00. The van der Waals surface area contributed by atoms with Crippen LogP contribution in [0.1, 0.15) is 13.8 Å². The molecule has 0 saturated heterocycles. The van der Waals surface area contributed by atoms with Crippen molar-refractivity contribution < 1.29 is 13.2 Å². The molecule has 3 nitrogen and oxygen atoms in total. The van der Waals surface area contributed by atoms with Crippen LogP contribution in [0.15, 0.2) is 29.2 Å². The third-order valence-corrected chi connectivity index (χ3v) is 3.58. The molecule has 1 aromatic rings. The fourth-order valence-corrected chi connectivity index (χ4v) is 2.14. The zero-order valence-electron chi connectivity index (χ0n) is 10.0. The molecule has 0 atom stereocenters. The van der Waals surface area contributed by atoms with E-state index >= 15 is 0 Å². The van der Waals surface area contributed by atoms with Gasteiger partial charge >= 0.3 is 0 Å². The Labute approximate surface area is 103 Å². The van der Waals surface area contributed by atoms with Crippen LogP contribution in [-0.4, -0.2) is 20.8 Å². The second-order valence-corrected chi connectivity index (χ2v) is 6.13. The van der Waals surface area contributed by atoms with Crippen LogP contribution < -0.4 is 4.74 Å². The van der Waals surface area contributed by atoms with Crippen molar-refractivity contribution in [3.05, 3.63) is 24.3 Å². The topological polar surface area (TPSA) is 43.4 Å². The van der Waals surface area contributed by atoms with Crippen molar-refractivity contribution in [3.63, 3.8) is 0 Å². The molecule has 1 aromatic carbocycles. The molecule has 0 fully saturated rings. The molecule has 0 unspecified atom stereocenters. The van der Waals surface area contributed by atoms with Gasteiger partial charge in [0.1, 0.15) is 11.5 Å². The normalized spacial score (nSPS) is 11.2. The molecule has 1 rings (SSSR count).